The Labute approximate surface area is 99.7 Å². The molecule has 0 spiro atoms. The molecule has 0 saturated carbocycles. The Hall–Kier alpha value is -2.04. The number of ether oxygens (including phenoxy) is 1. The van der Waals surface area contributed by atoms with Gasteiger partial charge in [0.15, 0.2) is 6.10 Å². The van der Waals surface area contributed by atoms with E-state index < -0.39 is 12.1 Å². The van der Waals surface area contributed by atoms with Crippen LogP contribution in [0, 0.1) is 5.41 Å². The molecule has 0 fully saturated rings. The van der Waals surface area contributed by atoms with Crippen molar-refractivity contribution >= 4 is 11.8 Å². The van der Waals surface area contributed by atoms with Crippen LogP contribution in [-0.2, 0) is 4.79 Å². The third-order valence-corrected chi connectivity index (χ3v) is 2.27. The van der Waals surface area contributed by atoms with Gasteiger partial charge in [0.25, 0.3) is 0 Å². The number of hydrogen-bond acceptors (Lipinski definition) is 3. The summed E-state index contributed by atoms with van der Waals surface area (Å²) in [5.41, 5.74) is 5.89. The number of carbonyl (C=O) groups is 1. The molecule has 0 unspecified atom stereocenters. The molecule has 0 aliphatic heterocycles. The summed E-state index contributed by atoms with van der Waals surface area (Å²) in [6, 6.07) is 6.48. The van der Waals surface area contributed by atoms with E-state index in [-0.39, 0.29) is 5.84 Å². The van der Waals surface area contributed by atoms with E-state index in [4.69, 9.17) is 21.0 Å². The zero-order valence-electron chi connectivity index (χ0n) is 9.64. The Balaban J connectivity index is 2.73. The van der Waals surface area contributed by atoms with Crippen molar-refractivity contribution in [2.24, 2.45) is 5.73 Å². The molecule has 1 rings (SSSR count). The van der Waals surface area contributed by atoms with Gasteiger partial charge in [-0.2, -0.15) is 0 Å². The van der Waals surface area contributed by atoms with Crippen molar-refractivity contribution in [2.45, 2.75) is 25.9 Å². The molecule has 5 nitrogen and oxygen atoms in total. The number of nitrogens with two attached hydrogens (primary N) is 1. The summed E-state index contributed by atoms with van der Waals surface area (Å²) < 4.78 is 5.34. The van der Waals surface area contributed by atoms with Crippen LogP contribution in [0.5, 0.6) is 5.75 Å². The molecule has 1 aromatic rings. The van der Waals surface area contributed by atoms with Crippen molar-refractivity contribution in [3.8, 4) is 5.75 Å². The highest BCUT2D eigenvalue weighted by Crippen LogP contribution is 2.15. The molecule has 0 bridgehead atoms. The van der Waals surface area contributed by atoms with Crippen molar-refractivity contribution in [2.75, 3.05) is 0 Å². The van der Waals surface area contributed by atoms with E-state index in [0.29, 0.717) is 17.7 Å². The number of hydrogen-bond donors (Lipinski definition) is 3. The lowest BCUT2D eigenvalue weighted by atomic mass is 10.2. The largest absolute Gasteiger partial charge is 0.479 e. The number of benzene rings is 1. The molecule has 0 heterocycles. The maximum atomic E-state index is 10.9. The fourth-order valence-electron chi connectivity index (χ4n) is 1.37. The standard InChI is InChI=1S/C12H16N2O3/c1-2-3-10(12(15)16)17-9-6-4-8(5-7-9)11(13)14/h4-7,10H,2-3H2,1H3,(H3,13,14)(H,15,16)/t10-/m0/s1. The van der Waals surface area contributed by atoms with Crippen molar-refractivity contribution < 1.29 is 14.6 Å². The molecule has 0 aliphatic carbocycles. The Bertz CT molecular complexity index is 401. The molecule has 0 aliphatic rings. The maximum Gasteiger partial charge on any atom is 0.344 e. The molecular formula is C12H16N2O3. The van der Waals surface area contributed by atoms with E-state index in [9.17, 15) is 4.79 Å². The Morgan fingerprint density at radius 3 is 2.47 bits per heavy atom. The lowest BCUT2D eigenvalue weighted by Gasteiger charge is -2.14. The second-order valence-electron chi connectivity index (χ2n) is 3.67. The van der Waals surface area contributed by atoms with E-state index in [1.807, 2.05) is 6.92 Å². The van der Waals surface area contributed by atoms with Gasteiger partial charge in [-0.15, -0.1) is 0 Å². The molecule has 0 radical (unpaired) electrons. The lowest BCUT2D eigenvalue weighted by molar-refractivity contribution is -0.145. The average molecular weight is 236 g/mol. The number of amidine groups is 1. The van der Waals surface area contributed by atoms with Gasteiger partial charge in [-0.05, 0) is 30.7 Å². The number of nitrogen functional groups attached to an aromatic ring is 1. The van der Waals surface area contributed by atoms with Crippen molar-refractivity contribution in [1.29, 1.82) is 5.41 Å². The minimum absolute atomic E-state index is 0.0279. The average Bonchev–Trinajstić information content (AvgIpc) is 2.29. The normalized spacial score (nSPS) is 11.8. The molecule has 92 valence electrons. The summed E-state index contributed by atoms with van der Waals surface area (Å²) >= 11 is 0. The van der Waals surface area contributed by atoms with E-state index in [2.05, 4.69) is 0 Å². The number of carboxylic acid groups (broad SMARTS) is 1. The first kappa shape index (κ1) is 13.0. The second kappa shape index (κ2) is 5.89. The first-order valence-electron chi connectivity index (χ1n) is 5.38. The van der Waals surface area contributed by atoms with Crippen LogP contribution in [-0.4, -0.2) is 23.0 Å². The van der Waals surface area contributed by atoms with Crippen LogP contribution in [0.4, 0.5) is 0 Å². The first-order chi connectivity index (χ1) is 8.04. The number of carboxylic acids is 1. The highest BCUT2D eigenvalue weighted by Gasteiger charge is 2.17. The molecule has 0 aromatic heterocycles. The summed E-state index contributed by atoms with van der Waals surface area (Å²) in [6.07, 6.45) is 0.370. The predicted molar refractivity (Wildman–Crippen MR) is 64.4 cm³/mol. The summed E-state index contributed by atoms with van der Waals surface area (Å²) in [6.45, 7) is 1.90. The van der Waals surface area contributed by atoms with Gasteiger partial charge in [-0.3, -0.25) is 5.41 Å². The van der Waals surface area contributed by atoms with Gasteiger partial charge in [0.05, 0.1) is 0 Å². The molecule has 5 heteroatoms. The molecule has 0 saturated heterocycles. The summed E-state index contributed by atoms with van der Waals surface area (Å²) in [7, 11) is 0. The summed E-state index contributed by atoms with van der Waals surface area (Å²) in [4.78, 5) is 10.9. The summed E-state index contributed by atoms with van der Waals surface area (Å²) in [5, 5.41) is 16.2. The number of aliphatic carboxylic acids is 1. The number of rotatable bonds is 6. The molecular weight excluding hydrogens is 220 g/mol. The van der Waals surface area contributed by atoms with Crippen molar-refractivity contribution in [3.05, 3.63) is 29.8 Å². The minimum Gasteiger partial charge on any atom is -0.479 e. The molecule has 4 N–H and O–H groups in total. The van der Waals surface area contributed by atoms with Gasteiger partial charge in [-0.25, -0.2) is 4.79 Å². The molecule has 1 aromatic carbocycles. The summed E-state index contributed by atoms with van der Waals surface area (Å²) in [5.74, 6) is -0.529. The minimum atomic E-state index is -0.970. The third-order valence-electron chi connectivity index (χ3n) is 2.27. The Morgan fingerprint density at radius 2 is 2.06 bits per heavy atom. The zero-order valence-corrected chi connectivity index (χ0v) is 9.64. The van der Waals surface area contributed by atoms with E-state index in [0.717, 1.165) is 6.42 Å². The zero-order chi connectivity index (χ0) is 12.8. The monoisotopic (exact) mass is 236 g/mol. The smallest absolute Gasteiger partial charge is 0.344 e. The maximum absolute atomic E-state index is 10.9. The van der Waals surface area contributed by atoms with E-state index in [1.165, 1.54) is 0 Å². The SMILES string of the molecule is CCC[C@H](Oc1ccc(C(=N)N)cc1)C(=O)O. The second-order valence-corrected chi connectivity index (χ2v) is 3.67. The Morgan fingerprint density at radius 1 is 1.47 bits per heavy atom. The fraction of sp³-hybridized carbons (Fsp3) is 0.333. The fourth-order valence-corrected chi connectivity index (χ4v) is 1.37. The van der Waals surface area contributed by atoms with Crippen LogP contribution in [0.3, 0.4) is 0 Å². The van der Waals surface area contributed by atoms with Crippen molar-refractivity contribution in [1.82, 2.24) is 0 Å². The van der Waals surface area contributed by atoms with Gasteiger partial charge >= 0.3 is 5.97 Å². The highest BCUT2D eigenvalue weighted by atomic mass is 16.5. The van der Waals surface area contributed by atoms with Crippen LogP contribution >= 0.6 is 0 Å². The third kappa shape index (κ3) is 3.79. The van der Waals surface area contributed by atoms with Gasteiger partial charge in [-0.1, -0.05) is 13.3 Å². The van der Waals surface area contributed by atoms with E-state index >= 15 is 0 Å². The van der Waals surface area contributed by atoms with Crippen LogP contribution < -0.4 is 10.5 Å². The molecule has 1 atom stereocenters. The molecule has 17 heavy (non-hydrogen) atoms. The van der Waals surface area contributed by atoms with Crippen LogP contribution in [0.25, 0.3) is 0 Å². The van der Waals surface area contributed by atoms with Gasteiger partial charge in [0.2, 0.25) is 0 Å². The van der Waals surface area contributed by atoms with Crippen LogP contribution in [0.15, 0.2) is 24.3 Å². The predicted octanol–water partition coefficient (Wildman–Crippen LogP) is 1.60. The Kier molecular flexibility index (Phi) is 4.51. The topological polar surface area (TPSA) is 96.4 Å². The van der Waals surface area contributed by atoms with Crippen LogP contribution in [0.2, 0.25) is 0 Å². The lowest BCUT2D eigenvalue weighted by Crippen LogP contribution is -2.26. The van der Waals surface area contributed by atoms with Gasteiger partial charge in [0, 0.05) is 5.56 Å². The number of nitrogens with one attached hydrogen (secondary N) is 1. The van der Waals surface area contributed by atoms with Gasteiger partial charge < -0.3 is 15.6 Å². The van der Waals surface area contributed by atoms with Crippen LogP contribution in [0.1, 0.15) is 25.3 Å². The van der Waals surface area contributed by atoms with E-state index in [1.54, 1.807) is 24.3 Å². The quantitative estimate of drug-likeness (QED) is 0.516. The van der Waals surface area contributed by atoms with Crippen molar-refractivity contribution in [3.63, 3.8) is 0 Å². The van der Waals surface area contributed by atoms with Gasteiger partial charge in [0.1, 0.15) is 11.6 Å². The highest BCUT2D eigenvalue weighted by molar-refractivity contribution is 5.94. The first-order valence-corrected chi connectivity index (χ1v) is 5.38. The molecule has 0 amide bonds.